The molecule has 0 aliphatic carbocycles. The van der Waals surface area contributed by atoms with Gasteiger partial charge in [0.25, 0.3) is 5.91 Å². The highest BCUT2D eigenvalue weighted by Crippen LogP contribution is 2.30. The third kappa shape index (κ3) is 8.04. The van der Waals surface area contributed by atoms with Crippen molar-refractivity contribution in [3.63, 3.8) is 0 Å². The SMILES string of the molecule is COc1ccc(CNC(=O)c2nc(-c3ccc(OC)cc3)n(CC[C@@H](O)C[C@@H](O)CC(=O)N[O-])c2C(C)C)cc1. The summed E-state index contributed by atoms with van der Waals surface area (Å²) in [6.45, 7) is 4.54. The van der Waals surface area contributed by atoms with Crippen molar-refractivity contribution in [3.8, 4) is 22.9 Å². The highest BCUT2D eigenvalue weighted by atomic mass is 16.5. The molecule has 0 unspecified atom stereocenters. The molecule has 4 N–H and O–H groups in total. The van der Waals surface area contributed by atoms with Crippen molar-refractivity contribution < 1.29 is 29.3 Å². The normalized spacial score (nSPS) is 12.6. The number of aromatic nitrogens is 2. The smallest absolute Gasteiger partial charge is 0.272 e. The molecule has 0 spiro atoms. The molecule has 0 saturated heterocycles. The third-order valence-electron chi connectivity index (χ3n) is 6.49. The number of imidazole rings is 1. The predicted molar refractivity (Wildman–Crippen MR) is 150 cm³/mol. The van der Waals surface area contributed by atoms with Crippen LogP contribution in [0, 0.1) is 5.21 Å². The van der Waals surface area contributed by atoms with Crippen LogP contribution in [-0.4, -0.2) is 58.0 Å². The van der Waals surface area contributed by atoms with Crippen LogP contribution in [0.25, 0.3) is 11.4 Å². The van der Waals surface area contributed by atoms with Crippen LogP contribution < -0.4 is 20.3 Å². The van der Waals surface area contributed by atoms with Crippen LogP contribution in [0.3, 0.4) is 0 Å². The number of hydroxylamine groups is 1. The maximum atomic E-state index is 13.4. The summed E-state index contributed by atoms with van der Waals surface area (Å²) in [7, 11) is 3.17. The van der Waals surface area contributed by atoms with E-state index in [4.69, 9.17) is 14.5 Å². The number of nitrogens with zero attached hydrogens (tertiary/aromatic N) is 2. The zero-order chi connectivity index (χ0) is 29.2. The van der Waals surface area contributed by atoms with Crippen molar-refractivity contribution in [3.05, 3.63) is 70.7 Å². The van der Waals surface area contributed by atoms with Crippen molar-refractivity contribution in [2.45, 2.75) is 64.3 Å². The van der Waals surface area contributed by atoms with E-state index < -0.39 is 24.5 Å². The maximum absolute atomic E-state index is 13.4. The number of benzene rings is 2. The number of ether oxygens (including phenoxy) is 2. The minimum atomic E-state index is -1.16. The van der Waals surface area contributed by atoms with Gasteiger partial charge in [0.05, 0.1) is 38.5 Å². The summed E-state index contributed by atoms with van der Waals surface area (Å²) < 4.78 is 12.4. The van der Waals surface area contributed by atoms with Crippen LogP contribution >= 0.6 is 0 Å². The largest absolute Gasteiger partial charge is 0.759 e. The van der Waals surface area contributed by atoms with E-state index in [0.29, 0.717) is 30.4 Å². The second kappa shape index (κ2) is 14.5. The highest BCUT2D eigenvalue weighted by Gasteiger charge is 2.26. The van der Waals surface area contributed by atoms with Crippen LogP contribution in [0.5, 0.6) is 11.5 Å². The van der Waals surface area contributed by atoms with Crippen molar-refractivity contribution in [2.24, 2.45) is 0 Å². The van der Waals surface area contributed by atoms with Crippen molar-refractivity contribution >= 4 is 11.8 Å². The summed E-state index contributed by atoms with van der Waals surface area (Å²) in [5.74, 6) is 0.707. The Balaban J connectivity index is 1.88. The second-order valence-electron chi connectivity index (χ2n) is 9.80. The number of amides is 2. The van der Waals surface area contributed by atoms with Gasteiger partial charge in [-0.2, -0.15) is 0 Å². The van der Waals surface area contributed by atoms with Crippen LogP contribution in [0.2, 0.25) is 0 Å². The van der Waals surface area contributed by atoms with Crippen molar-refractivity contribution in [1.82, 2.24) is 20.3 Å². The first-order chi connectivity index (χ1) is 19.2. The molecule has 1 aromatic heterocycles. The quantitative estimate of drug-likeness (QED) is 0.222. The van der Waals surface area contributed by atoms with Gasteiger partial charge in [0, 0.05) is 18.7 Å². The minimum Gasteiger partial charge on any atom is -0.759 e. The molecular weight excluding hydrogens is 516 g/mol. The van der Waals surface area contributed by atoms with Crippen LogP contribution in [0.4, 0.5) is 0 Å². The number of hydrogen-bond acceptors (Lipinski definition) is 8. The van der Waals surface area contributed by atoms with Gasteiger partial charge < -0.3 is 40.3 Å². The highest BCUT2D eigenvalue weighted by molar-refractivity contribution is 5.94. The van der Waals surface area contributed by atoms with Crippen LogP contribution in [0.1, 0.15) is 60.8 Å². The Morgan fingerprint density at radius 3 is 2.12 bits per heavy atom. The van der Waals surface area contributed by atoms with Gasteiger partial charge in [-0.1, -0.05) is 26.0 Å². The molecule has 3 aromatic rings. The Kier molecular flexibility index (Phi) is 11.1. The number of hydrogen-bond donors (Lipinski definition) is 4. The van der Waals surface area contributed by atoms with E-state index in [2.05, 4.69) is 5.32 Å². The van der Waals surface area contributed by atoms with Gasteiger partial charge in [0.15, 0.2) is 0 Å². The van der Waals surface area contributed by atoms with Gasteiger partial charge >= 0.3 is 0 Å². The van der Waals surface area contributed by atoms with Crippen molar-refractivity contribution in [1.29, 1.82) is 0 Å². The summed E-state index contributed by atoms with van der Waals surface area (Å²) in [4.78, 5) is 29.4. The molecule has 0 radical (unpaired) electrons. The second-order valence-corrected chi connectivity index (χ2v) is 9.80. The molecule has 0 aliphatic rings. The Labute approximate surface area is 233 Å². The fraction of sp³-hybridized carbons (Fsp3) is 0.414. The lowest BCUT2D eigenvalue weighted by molar-refractivity contribution is -0.122. The lowest BCUT2D eigenvalue weighted by atomic mass is 10.0. The first-order valence-corrected chi connectivity index (χ1v) is 13.1. The maximum Gasteiger partial charge on any atom is 0.272 e. The molecule has 2 atom stereocenters. The molecule has 0 bridgehead atoms. The molecule has 0 fully saturated rings. The summed E-state index contributed by atoms with van der Waals surface area (Å²) in [5.41, 5.74) is 3.89. The number of aliphatic hydroxyl groups excluding tert-OH is 2. The fourth-order valence-corrected chi connectivity index (χ4v) is 4.46. The number of carbonyl (C=O) groups is 2. The predicted octanol–water partition coefficient (Wildman–Crippen LogP) is 3.13. The standard InChI is InChI=1S/C29H37N4O7/c1-18(2)27-26(29(37)30-17-19-5-9-23(39-3)10-6-19)31-28(20-7-11-24(40-4)12-8-20)33(27)14-13-21(34)15-22(35)16-25(36)32-38/h5-12,18,21-22,34-35H,13-17H2,1-4H3,(H2-,30,32,36,37,38)/q-1/t21-,22-/m1/s1. The molecule has 0 saturated carbocycles. The Hall–Kier alpha value is -3.93. The molecule has 3 rings (SSSR count). The van der Waals surface area contributed by atoms with Gasteiger partial charge in [0.2, 0.25) is 5.91 Å². The van der Waals surface area contributed by atoms with Gasteiger partial charge in [-0.25, -0.2) is 4.98 Å². The van der Waals surface area contributed by atoms with E-state index in [0.717, 1.165) is 16.9 Å². The zero-order valence-corrected chi connectivity index (χ0v) is 23.2. The molecule has 216 valence electrons. The first-order valence-electron chi connectivity index (χ1n) is 13.1. The zero-order valence-electron chi connectivity index (χ0n) is 23.2. The van der Waals surface area contributed by atoms with E-state index in [1.54, 1.807) is 26.4 Å². The van der Waals surface area contributed by atoms with Crippen molar-refractivity contribution in [2.75, 3.05) is 14.2 Å². The average molecular weight is 554 g/mol. The van der Waals surface area contributed by atoms with E-state index in [1.165, 1.54) is 5.48 Å². The summed E-state index contributed by atoms with van der Waals surface area (Å²) in [6, 6.07) is 14.7. The lowest BCUT2D eigenvalue weighted by Gasteiger charge is -2.19. The molecule has 0 aliphatic heterocycles. The Morgan fingerprint density at radius 1 is 0.975 bits per heavy atom. The number of rotatable bonds is 14. The third-order valence-corrected chi connectivity index (χ3v) is 6.49. The summed E-state index contributed by atoms with van der Waals surface area (Å²) >= 11 is 0. The number of carbonyl (C=O) groups excluding carboxylic acids is 2. The topological polar surface area (TPSA) is 158 Å². The molecule has 11 nitrogen and oxygen atoms in total. The Bertz CT molecular complexity index is 1260. The molecule has 40 heavy (non-hydrogen) atoms. The molecule has 2 aromatic carbocycles. The van der Waals surface area contributed by atoms with E-state index in [9.17, 15) is 25.0 Å². The fourth-order valence-electron chi connectivity index (χ4n) is 4.46. The summed E-state index contributed by atoms with van der Waals surface area (Å²) in [6.07, 6.45) is -2.35. The molecule has 2 amide bonds. The van der Waals surface area contributed by atoms with E-state index in [1.807, 2.05) is 54.8 Å². The van der Waals surface area contributed by atoms with Gasteiger partial charge in [-0.3, -0.25) is 9.59 Å². The van der Waals surface area contributed by atoms with Crippen LogP contribution in [0.15, 0.2) is 48.5 Å². The average Bonchev–Trinajstić information content (AvgIpc) is 3.35. The van der Waals surface area contributed by atoms with Gasteiger partial charge in [-0.05, 0) is 60.7 Å². The number of nitrogens with one attached hydrogen (secondary N) is 2. The molecular formula is C29H37N4O7-. The number of methoxy groups -OCH3 is 2. The first kappa shape index (κ1) is 30.6. The lowest BCUT2D eigenvalue weighted by Crippen LogP contribution is -2.27. The van der Waals surface area contributed by atoms with Crippen LogP contribution in [-0.2, 0) is 17.9 Å². The molecule has 1 heterocycles. The summed E-state index contributed by atoms with van der Waals surface area (Å²) in [5, 5.41) is 34.0. The van der Waals surface area contributed by atoms with Gasteiger partial charge in [-0.15, -0.1) is 0 Å². The number of aliphatic hydroxyl groups is 2. The monoisotopic (exact) mass is 553 g/mol. The molecule has 11 heteroatoms. The van der Waals surface area contributed by atoms with E-state index >= 15 is 0 Å². The van der Waals surface area contributed by atoms with E-state index in [-0.39, 0.29) is 30.4 Å². The minimum absolute atomic E-state index is 0.0772. The Morgan fingerprint density at radius 2 is 1.57 bits per heavy atom. The van der Waals surface area contributed by atoms with Gasteiger partial charge in [0.1, 0.15) is 23.0 Å².